The van der Waals surface area contributed by atoms with Gasteiger partial charge in [0.25, 0.3) is 0 Å². The summed E-state index contributed by atoms with van der Waals surface area (Å²) in [6, 6.07) is 0.451. The molecule has 144 valence electrons. The van der Waals surface area contributed by atoms with Crippen LogP contribution in [0.5, 0.6) is 0 Å². The summed E-state index contributed by atoms with van der Waals surface area (Å²) in [5, 5.41) is 0. The SMILES string of the molecule is Cc1nc(N)nc(C)c1CC(=O)N1CCCN(CC2CC2)[C@H](C(C)C)C1. The minimum Gasteiger partial charge on any atom is -0.368 e. The van der Waals surface area contributed by atoms with E-state index in [1.807, 2.05) is 13.8 Å². The van der Waals surface area contributed by atoms with Crippen molar-refractivity contribution in [3.63, 3.8) is 0 Å². The summed E-state index contributed by atoms with van der Waals surface area (Å²) in [6.45, 7) is 12.4. The summed E-state index contributed by atoms with van der Waals surface area (Å²) in [5.41, 5.74) is 8.26. The first kappa shape index (κ1) is 19.1. The fraction of sp³-hybridized carbons (Fsp3) is 0.750. The van der Waals surface area contributed by atoms with Crippen molar-refractivity contribution in [1.29, 1.82) is 0 Å². The number of rotatable bonds is 5. The van der Waals surface area contributed by atoms with Crippen molar-refractivity contribution in [2.75, 3.05) is 31.9 Å². The van der Waals surface area contributed by atoms with Gasteiger partial charge < -0.3 is 10.6 Å². The second-order valence-electron chi connectivity index (χ2n) is 8.35. The Morgan fingerprint density at radius 2 is 1.85 bits per heavy atom. The fourth-order valence-corrected chi connectivity index (χ4v) is 4.07. The van der Waals surface area contributed by atoms with Crippen LogP contribution in [0.4, 0.5) is 5.95 Å². The Balaban J connectivity index is 1.70. The summed E-state index contributed by atoms with van der Waals surface area (Å²) in [6.07, 6.45) is 4.17. The van der Waals surface area contributed by atoms with E-state index in [0.717, 1.165) is 48.9 Å². The van der Waals surface area contributed by atoms with E-state index in [9.17, 15) is 4.79 Å². The van der Waals surface area contributed by atoms with E-state index in [2.05, 4.69) is 33.6 Å². The molecular formula is C20H33N5O. The van der Waals surface area contributed by atoms with Gasteiger partial charge in [0.05, 0.1) is 6.42 Å². The van der Waals surface area contributed by atoms with E-state index in [1.54, 1.807) is 0 Å². The van der Waals surface area contributed by atoms with Gasteiger partial charge in [0.15, 0.2) is 0 Å². The second kappa shape index (κ2) is 7.91. The molecule has 1 saturated heterocycles. The molecule has 0 radical (unpaired) electrons. The maximum Gasteiger partial charge on any atom is 0.227 e. The normalized spacial score (nSPS) is 21.9. The van der Waals surface area contributed by atoms with Crippen LogP contribution in [0.3, 0.4) is 0 Å². The molecule has 1 amide bonds. The molecule has 1 aromatic heterocycles. The lowest BCUT2D eigenvalue weighted by Crippen LogP contribution is -2.46. The van der Waals surface area contributed by atoms with Crippen molar-refractivity contribution in [3.05, 3.63) is 17.0 Å². The highest BCUT2D eigenvalue weighted by atomic mass is 16.2. The number of aryl methyl sites for hydroxylation is 2. The third-order valence-electron chi connectivity index (χ3n) is 5.83. The van der Waals surface area contributed by atoms with Gasteiger partial charge in [-0.3, -0.25) is 9.69 Å². The highest BCUT2D eigenvalue weighted by molar-refractivity contribution is 5.79. The van der Waals surface area contributed by atoms with Crippen LogP contribution in [0, 0.1) is 25.7 Å². The first-order valence-electron chi connectivity index (χ1n) is 9.96. The van der Waals surface area contributed by atoms with Crippen LogP contribution in [-0.2, 0) is 11.2 Å². The number of nitrogens with two attached hydrogens (primary N) is 1. The highest BCUT2D eigenvalue weighted by Gasteiger charge is 2.33. The molecule has 2 aliphatic rings. The minimum atomic E-state index is 0.184. The van der Waals surface area contributed by atoms with Gasteiger partial charge in [-0.05, 0) is 44.9 Å². The number of aromatic nitrogens is 2. The van der Waals surface area contributed by atoms with E-state index in [1.165, 1.54) is 19.4 Å². The monoisotopic (exact) mass is 359 g/mol. The molecule has 1 aliphatic carbocycles. The Bertz CT molecular complexity index is 633. The summed E-state index contributed by atoms with van der Waals surface area (Å²) in [4.78, 5) is 26.2. The van der Waals surface area contributed by atoms with Crippen LogP contribution in [0.25, 0.3) is 0 Å². The van der Waals surface area contributed by atoms with Gasteiger partial charge in [0.1, 0.15) is 0 Å². The molecule has 1 aliphatic heterocycles. The molecule has 2 heterocycles. The number of hydrogen-bond acceptors (Lipinski definition) is 5. The maximum atomic E-state index is 13.0. The van der Waals surface area contributed by atoms with Crippen molar-refractivity contribution in [3.8, 4) is 0 Å². The molecular weight excluding hydrogens is 326 g/mol. The van der Waals surface area contributed by atoms with Crippen LogP contribution in [-0.4, -0.2) is 57.9 Å². The molecule has 0 unspecified atom stereocenters. The molecule has 1 saturated carbocycles. The zero-order valence-electron chi connectivity index (χ0n) is 16.7. The molecule has 6 heteroatoms. The Morgan fingerprint density at radius 1 is 1.19 bits per heavy atom. The Kier molecular flexibility index (Phi) is 5.80. The van der Waals surface area contributed by atoms with E-state index in [0.29, 0.717) is 18.4 Å². The summed E-state index contributed by atoms with van der Waals surface area (Å²) >= 11 is 0. The topological polar surface area (TPSA) is 75.3 Å². The van der Waals surface area contributed by atoms with Crippen LogP contribution >= 0.6 is 0 Å². The predicted octanol–water partition coefficient (Wildman–Crippen LogP) is 2.19. The lowest BCUT2D eigenvalue weighted by atomic mass is 10.0. The largest absolute Gasteiger partial charge is 0.368 e. The highest BCUT2D eigenvalue weighted by Crippen LogP contribution is 2.32. The van der Waals surface area contributed by atoms with Gasteiger partial charge in [0.2, 0.25) is 11.9 Å². The quantitative estimate of drug-likeness (QED) is 0.872. The molecule has 0 aromatic carbocycles. The predicted molar refractivity (Wildman–Crippen MR) is 104 cm³/mol. The molecule has 6 nitrogen and oxygen atoms in total. The fourth-order valence-electron chi connectivity index (χ4n) is 4.07. The van der Waals surface area contributed by atoms with Crippen LogP contribution in [0.1, 0.15) is 50.1 Å². The third-order valence-corrected chi connectivity index (χ3v) is 5.83. The standard InChI is InChI=1S/C20H33N5O/c1-13(2)18-12-25(9-5-8-24(18)11-16-6-7-16)19(26)10-17-14(3)22-20(21)23-15(17)4/h13,16,18H,5-12H2,1-4H3,(H2,21,22,23)/t18-/m0/s1. The average molecular weight is 360 g/mol. The van der Waals surface area contributed by atoms with Crippen molar-refractivity contribution in [2.45, 2.75) is 59.4 Å². The van der Waals surface area contributed by atoms with Crippen molar-refractivity contribution >= 4 is 11.9 Å². The Morgan fingerprint density at radius 3 is 2.42 bits per heavy atom. The molecule has 26 heavy (non-hydrogen) atoms. The van der Waals surface area contributed by atoms with Crippen molar-refractivity contribution in [2.24, 2.45) is 11.8 Å². The van der Waals surface area contributed by atoms with Gasteiger partial charge in [0, 0.05) is 49.2 Å². The number of anilines is 1. The lowest BCUT2D eigenvalue weighted by Gasteiger charge is -2.34. The number of nitrogen functional groups attached to an aromatic ring is 1. The van der Waals surface area contributed by atoms with E-state index < -0.39 is 0 Å². The molecule has 3 rings (SSSR count). The second-order valence-corrected chi connectivity index (χ2v) is 8.35. The first-order chi connectivity index (χ1) is 12.3. The zero-order valence-corrected chi connectivity index (χ0v) is 16.7. The zero-order chi connectivity index (χ0) is 18.8. The molecule has 1 atom stereocenters. The third kappa shape index (κ3) is 4.53. The van der Waals surface area contributed by atoms with Crippen LogP contribution in [0.15, 0.2) is 0 Å². The smallest absolute Gasteiger partial charge is 0.227 e. The Hall–Kier alpha value is -1.69. The van der Waals surface area contributed by atoms with Gasteiger partial charge in [-0.2, -0.15) is 0 Å². The number of amides is 1. The van der Waals surface area contributed by atoms with E-state index in [-0.39, 0.29) is 11.9 Å². The molecule has 1 aromatic rings. The van der Waals surface area contributed by atoms with Gasteiger partial charge >= 0.3 is 0 Å². The van der Waals surface area contributed by atoms with E-state index >= 15 is 0 Å². The van der Waals surface area contributed by atoms with Gasteiger partial charge in [-0.15, -0.1) is 0 Å². The molecule has 0 bridgehead atoms. The summed E-state index contributed by atoms with van der Waals surface area (Å²) < 4.78 is 0. The van der Waals surface area contributed by atoms with Gasteiger partial charge in [-0.25, -0.2) is 9.97 Å². The maximum absolute atomic E-state index is 13.0. The summed E-state index contributed by atoms with van der Waals surface area (Å²) in [5.74, 6) is 1.89. The molecule has 0 spiro atoms. The number of carbonyl (C=O) groups is 1. The van der Waals surface area contributed by atoms with Crippen molar-refractivity contribution < 1.29 is 4.79 Å². The Labute approximate surface area is 157 Å². The number of nitrogens with zero attached hydrogens (tertiary/aromatic N) is 4. The molecule has 2 N–H and O–H groups in total. The number of hydrogen-bond donors (Lipinski definition) is 1. The van der Waals surface area contributed by atoms with Gasteiger partial charge in [-0.1, -0.05) is 13.8 Å². The lowest BCUT2D eigenvalue weighted by molar-refractivity contribution is -0.131. The first-order valence-corrected chi connectivity index (χ1v) is 9.96. The average Bonchev–Trinajstić information content (AvgIpc) is 3.38. The number of carbonyl (C=O) groups excluding carboxylic acids is 1. The van der Waals surface area contributed by atoms with E-state index in [4.69, 9.17) is 5.73 Å². The summed E-state index contributed by atoms with van der Waals surface area (Å²) in [7, 11) is 0. The van der Waals surface area contributed by atoms with Crippen LogP contribution < -0.4 is 5.73 Å². The minimum absolute atomic E-state index is 0.184. The van der Waals surface area contributed by atoms with Crippen molar-refractivity contribution in [1.82, 2.24) is 19.8 Å². The molecule has 2 fully saturated rings. The van der Waals surface area contributed by atoms with Crippen LogP contribution in [0.2, 0.25) is 0 Å².